The summed E-state index contributed by atoms with van der Waals surface area (Å²) in [6.45, 7) is 4.73. The highest BCUT2D eigenvalue weighted by Crippen LogP contribution is 2.04. The third kappa shape index (κ3) is 4.48. The average Bonchev–Trinajstić information content (AvgIpc) is 2.27. The maximum absolute atomic E-state index is 8.64. The third-order valence-corrected chi connectivity index (χ3v) is 2.11. The lowest BCUT2D eigenvalue weighted by molar-refractivity contribution is 0.539. The number of anilines is 1. The molecule has 0 heterocycles. The molecule has 0 amide bonds. The zero-order valence-electron chi connectivity index (χ0n) is 9.20. The second-order valence-corrected chi connectivity index (χ2v) is 3.67. The quantitative estimate of drug-likeness (QED) is 0.769. The third-order valence-electron chi connectivity index (χ3n) is 2.11. The molecule has 0 aromatic heterocycles. The molecule has 2 unspecified atom stereocenters. The summed E-state index contributed by atoms with van der Waals surface area (Å²) in [7, 11) is 0. The van der Waals surface area contributed by atoms with Gasteiger partial charge in [-0.25, -0.2) is 0 Å². The van der Waals surface area contributed by atoms with Gasteiger partial charge < -0.3 is 5.32 Å². The van der Waals surface area contributed by atoms with Crippen LogP contribution in [-0.2, 0) is 0 Å². The Bertz CT molecular complexity index is 315. The van der Waals surface area contributed by atoms with Gasteiger partial charge in [0.25, 0.3) is 0 Å². The van der Waals surface area contributed by atoms with E-state index in [0.29, 0.717) is 0 Å². The molecule has 0 aliphatic heterocycles. The average molecular weight is 203 g/mol. The molecule has 80 valence electrons. The summed E-state index contributed by atoms with van der Waals surface area (Å²) in [5.41, 5.74) is 1.11. The van der Waals surface area contributed by atoms with Gasteiger partial charge in [0.2, 0.25) is 0 Å². The van der Waals surface area contributed by atoms with Crippen molar-refractivity contribution < 1.29 is 0 Å². The molecule has 0 saturated heterocycles. The van der Waals surface area contributed by atoms with Crippen molar-refractivity contribution in [3.8, 4) is 6.07 Å². The first-order valence-electron chi connectivity index (χ1n) is 5.17. The highest BCUT2D eigenvalue weighted by molar-refractivity contribution is 5.42. The van der Waals surface area contributed by atoms with E-state index in [1.54, 1.807) is 0 Å². The molecule has 0 saturated carbocycles. The highest BCUT2D eigenvalue weighted by atomic mass is 15.0. The van der Waals surface area contributed by atoms with Crippen LogP contribution in [0.2, 0.25) is 0 Å². The lowest BCUT2D eigenvalue weighted by Gasteiger charge is -2.16. The molecule has 1 aromatic rings. The van der Waals surface area contributed by atoms with Crippen LogP contribution in [0.15, 0.2) is 30.3 Å². The summed E-state index contributed by atoms with van der Waals surface area (Å²) >= 11 is 0. The van der Waals surface area contributed by atoms with Gasteiger partial charge in [-0.2, -0.15) is 5.26 Å². The largest absolute Gasteiger partial charge is 0.383 e. The number of nitrogens with one attached hydrogen (secondary N) is 2. The van der Waals surface area contributed by atoms with E-state index in [0.717, 1.165) is 12.2 Å². The van der Waals surface area contributed by atoms with E-state index in [1.165, 1.54) is 0 Å². The van der Waals surface area contributed by atoms with Crippen LogP contribution in [0.5, 0.6) is 0 Å². The number of para-hydroxylation sites is 1. The van der Waals surface area contributed by atoms with Gasteiger partial charge in [-0.1, -0.05) is 18.2 Å². The van der Waals surface area contributed by atoms with Gasteiger partial charge >= 0.3 is 0 Å². The maximum atomic E-state index is 8.64. The van der Waals surface area contributed by atoms with Gasteiger partial charge in [0.15, 0.2) is 0 Å². The van der Waals surface area contributed by atoms with Crippen LogP contribution in [0, 0.1) is 11.3 Å². The van der Waals surface area contributed by atoms with E-state index in [-0.39, 0.29) is 12.1 Å². The summed E-state index contributed by atoms with van der Waals surface area (Å²) in [6, 6.07) is 12.4. The summed E-state index contributed by atoms with van der Waals surface area (Å²) in [5, 5.41) is 15.1. The molecule has 3 nitrogen and oxygen atoms in total. The van der Waals surface area contributed by atoms with Crippen LogP contribution in [0.3, 0.4) is 0 Å². The first-order chi connectivity index (χ1) is 7.22. The monoisotopic (exact) mass is 203 g/mol. The Labute approximate surface area is 91.1 Å². The number of hydrogen-bond acceptors (Lipinski definition) is 3. The van der Waals surface area contributed by atoms with Crippen molar-refractivity contribution in [2.75, 3.05) is 11.9 Å². The van der Waals surface area contributed by atoms with Crippen LogP contribution in [0.4, 0.5) is 5.69 Å². The fourth-order valence-electron chi connectivity index (χ4n) is 1.35. The Morgan fingerprint density at radius 1 is 1.27 bits per heavy atom. The molecule has 2 N–H and O–H groups in total. The molecule has 0 radical (unpaired) electrons. The molecular formula is C12H17N3. The molecule has 0 aliphatic carbocycles. The molecule has 3 heteroatoms. The van der Waals surface area contributed by atoms with Gasteiger partial charge in [0, 0.05) is 18.3 Å². The Morgan fingerprint density at radius 3 is 2.53 bits per heavy atom. The van der Waals surface area contributed by atoms with Crippen molar-refractivity contribution in [2.45, 2.75) is 25.9 Å². The predicted octanol–water partition coefficient (Wildman–Crippen LogP) is 1.99. The summed E-state index contributed by atoms with van der Waals surface area (Å²) in [4.78, 5) is 0. The molecule has 1 aromatic carbocycles. The van der Waals surface area contributed by atoms with Crippen LogP contribution in [0.1, 0.15) is 13.8 Å². The molecule has 2 atom stereocenters. The maximum Gasteiger partial charge on any atom is 0.0927 e. The fourth-order valence-corrected chi connectivity index (χ4v) is 1.35. The lowest BCUT2D eigenvalue weighted by atomic mass is 10.2. The summed E-state index contributed by atoms with van der Waals surface area (Å²) in [6.07, 6.45) is 0. The van der Waals surface area contributed by atoms with Gasteiger partial charge in [-0.15, -0.1) is 0 Å². The Hall–Kier alpha value is -1.53. The van der Waals surface area contributed by atoms with Crippen LogP contribution in [-0.4, -0.2) is 18.6 Å². The second kappa shape index (κ2) is 6.05. The lowest BCUT2D eigenvalue weighted by Crippen LogP contribution is -2.38. The molecule has 0 fully saturated rings. The van der Waals surface area contributed by atoms with Crippen molar-refractivity contribution in [2.24, 2.45) is 0 Å². The smallest absolute Gasteiger partial charge is 0.0927 e. The van der Waals surface area contributed by atoms with Crippen LogP contribution in [0.25, 0.3) is 0 Å². The Kier molecular flexibility index (Phi) is 4.65. The van der Waals surface area contributed by atoms with E-state index < -0.39 is 0 Å². The van der Waals surface area contributed by atoms with Crippen molar-refractivity contribution in [1.82, 2.24) is 5.32 Å². The first kappa shape index (κ1) is 11.5. The standard InChI is InChI=1S/C12H17N3/c1-10(8-13)15-11(2)9-14-12-6-4-3-5-7-12/h3-7,10-11,14-15H,9H2,1-2H3. The van der Waals surface area contributed by atoms with Crippen LogP contribution < -0.4 is 10.6 Å². The van der Waals surface area contributed by atoms with E-state index in [4.69, 9.17) is 5.26 Å². The topological polar surface area (TPSA) is 47.9 Å². The van der Waals surface area contributed by atoms with Gasteiger partial charge in [0.05, 0.1) is 12.1 Å². The second-order valence-electron chi connectivity index (χ2n) is 3.67. The van der Waals surface area contributed by atoms with Crippen molar-refractivity contribution in [3.05, 3.63) is 30.3 Å². The number of nitrogens with zero attached hydrogens (tertiary/aromatic N) is 1. The molecule has 0 aliphatic rings. The van der Waals surface area contributed by atoms with E-state index in [9.17, 15) is 0 Å². The number of rotatable bonds is 5. The predicted molar refractivity (Wildman–Crippen MR) is 62.6 cm³/mol. The Balaban J connectivity index is 2.29. The molecule has 0 spiro atoms. The van der Waals surface area contributed by atoms with E-state index in [1.807, 2.05) is 37.3 Å². The van der Waals surface area contributed by atoms with Gasteiger partial charge in [-0.3, -0.25) is 5.32 Å². The highest BCUT2D eigenvalue weighted by Gasteiger charge is 2.05. The minimum absolute atomic E-state index is 0.0995. The number of nitriles is 1. The molecule has 0 bridgehead atoms. The van der Waals surface area contributed by atoms with E-state index >= 15 is 0 Å². The Morgan fingerprint density at radius 2 is 1.93 bits per heavy atom. The molecule has 15 heavy (non-hydrogen) atoms. The molecular weight excluding hydrogens is 186 g/mol. The summed E-state index contributed by atoms with van der Waals surface area (Å²) in [5.74, 6) is 0. The van der Waals surface area contributed by atoms with Crippen LogP contribution >= 0.6 is 0 Å². The van der Waals surface area contributed by atoms with Crippen molar-refractivity contribution >= 4 is 5.69 Å². The van der Waals surface area contributed by atoms with Crippen molar-refractivity contribution in [3.63, 3.8) is 0 Å². The zero-order valence-corrected chi connectivity index (χ0v) is 9.20. The normalized spacial score (nSPS) is 13.9. The van der Waals surface area contributed by atoms with Gasteiger partial charge in [-0.05, 0) is 26.0 Å². The minimum Gasteiger partial charge on any atom is -0.383 e. The zero-order chi connectivity index (χ0) is 11.1. The van der Waals surface area contributed by atoms with Gasteiger partial charge in [0.1, 0.15) is 0 Å². The number of hydrogen-bond donors (Lipinski definition) is 2. The molecule has 1 rings (SSSR count). The fraction of sp³-hybridized carbons (Fsp3) is 0.417. The van der Waals surface area contributed by atoms with E-state index in [2.05, 4.69) is 23.6 Å². The first-order valence-corrected chi connectivity index (χ1v) is 5.17. The summed E-state index contributed by atoms with van der Waals surface area (Å²) < 4.78 is 0. The van der Waals surface area contributed by atoms with Crippen molar-refractivity contribution in [1.29, 1.82) is 5.26 Å². The number of benzene rings is 1. The SMILES string of the molecule is CC(C#N)NC(C)CNc1ccccc1. The minimum atomic E-state index is -0.0995.